The molecule has 1 aliphatic carbocycles. The smallest absolute Gasteiger partial charge is 0.228 e. The van der Waals surface area contributed by atoms with Crippen LogP contribution in [0.5, 0.6) is 0 Å². The topological polar surface area (TPSA) is 75.3 Å². The Morgan fingerprint density at radius 2 is 1.96 bits per heavy atom. The number of halogens is 1. The van der Waals surface area contributed by atoms with Gasteiger partial charge in [0.15, 0.2) is 11.8 Å². The Morgan fingerprint density at radius 1 is 1.23 bits per heavy atom. The highest BCUT2D eigenvalue weighted by molar-refractivity contribution is 14.0. The molecule has 26 heavy (non-hydrogen) atoms. The van der Waals surface area contributed by atoms with E-state index in [0.717, 1.165) is 18.3 Å². The number of nitrogens with one attached hydrogen (secondary N) is 2. The quantitative estimate of drug-likeness (QED) is 0.370. The van der Waals surface area contributed by atoms with Gasteiger partial charge < -0.3 is 15.2 Å². The average Bonchev–Trinajstić information content (AvgIpc) is 3.28. The Morgan fingerprint density at radius 3 is 2.54 bits per heavy atom. The van der Waals surface area contributed by atoms with Gasteiger partial charge in [0, 0.05) is 37.9 Å². The Labute approximate surface area is 172 Å². The van der Waals surface area contributed by atoms with Crippen LogP contribution in [-0.4, -0.2) is 36.2 Å². The maximum Gasteiger partial charge on any atom is 0.228 e. The first-order valence-electron chi connectivity index (χ1n) is 8.95. The highest BCUT2D eigenvalue weighted by atomic mass is 127. The average molecular weight is 469 g/mol. The molecular weight excluding hydrogens is 441 g/mol. The standard InChI is InChI=1S/C19H27N5O.HI/c1-14(2)17-23-16(25-24-17)9-12-21-18(20-3)22-13-19(10-11-19)15-7-5-4-6-8-15;/h4-8,14H,9-13H2,1-3H3,(H2,20,21,22);1H. The second-order valence-electron chi connectivity index (χ2n) is 6.95. The van der Waals surface area contributed by atoms with Crippen molar-refractivity contribution in [3.05, 3.63) is 47.6 Å². The van der Waals surface area contributed by atoms with Crippen molar-refractivity contribution in [1.82, 2.24) is 20.8 Å². The van der Waals surface area contributed by atoms with Gasteiger partial charge in [-0.1, -0.05) is 49.3 Å². The van der Waals surface area contributed by atoms with Crippen LogP contribution in [0.1, 0.15) is 49.9 Å². The summed E-state index contributed by atoms with van der Waals surface area (Å²) in [5.74, 6) is 2.52. The summed E-state index contributed by atoms with van der Waals surface area (Å²) >= 11 is 0. The highest BCUT2D eigenvalue weighted by Crippen LogP contribution is 2.47. The molecule has 2 aromatic rings. The van der Waals surface area contributed by atoms with Crippen molar-refractivity contribution in [3.8, 4) is 0 Å². The summed E-state index contributed by atoms with van der Waals surface area (Å²) in [5, 5.41) is 10.8. The van der Waals surface area contributed by atoms with E-state index in [4.69, 9.17) is 4.52 Å². The molecule has 1 fully saturated rings. The van der Waals surface area contributed by atoms with Gasteiger partial charge in [-0.15, -0.1) is 24.0 Å². The maximum atomic E-state index is 5.26. The number of nitrogens with zero attached hydrogens (tertiary/aromatic N) is 3. The van der Waals surface area contributed by atoms with Gasteiger partial charge in [-0.25, -0.2) is 0 Å². The fourth-order valence-electron chi connectivity index (χ4n) is 2.88. The van der Waals surface area contributed by atoms with Gasteiger partial charge in [-0.3, -0.25) is 4.99 Å². The minimum absolute atomic E-state index is 0. The van der Waals surface area contributed by atoms with Crippen LogP contribution in [0.3, 0.4) is 0 Å². The van der Waals surface area contributed by atoms with E-state index in [0.29, 0.717) is 18.9 Å². The fourth-order valence-corrected chi connectivity index (χ4v) is 2.88. The number of rotatable bonds is 7. The van der Waals surface area contributed by atoms with Crippen LogP contribution in [-0.2, 0) is 11.8 Å². The molecule has 6 nitrogen and oxygen atoms in total. The van der Waals surface area contributed by atoms with E-state index in [-0.39, 0.29) is 35.3 Å². The highest BCUT2D eigenvalue weighted by Gasteiger charge is 2.43. The van der Waals surface area contributed by atoms with Crippen molar-refractivity contribution in [2.75, 3.05) is 20.1 Å². The van der Waals surface area contributed by atoms with E-state index in [1.54, 1.807) is 7.05 Å². The third-order valence-electron chi connectivity index (χ3n) is 4.69. The summed E-state index contributed by atoms with van der Waals surface area (Å²) in [6, 6.07) is 10.7. The summed E-state index contributed by atoms with van der Waals surface area (Å²) < 4.78 is 5.26. The first-order chi connectivity index (χ1) is 12.1. The molecule has 0 aliphatic heterocycles. The SMILES string of the molecule is CN=C(NCCc1nc(C(C)C)no1)NCC1(c2ccccc2)CC1.I. The molecule has 1 aliphatic rings. The Bertz CT molecular complexity index is 710. The minimum Gasteiger partial charge on any atom is -0.356 e. The zero-order valence-corrected chi connectivity index (χ0v) is 18.0. The summed E-state index contributed by atoms with van der Waals surface area (Å²) in [6.45, 7) is 5.71. The second-order valence-corrected chi connectivity index (χ2v) is 6.95. The second kappa shape index (κ2) is 9.34. The number of hydrogen-bond donors (Lipinski definition) is 2. The molecule has 7 heteroatoms. The largest absolute Gasteiger partial charge is 0.356 e. The Hall–Kier alpha value is -1.64. The summed E-state index contributed by atoms with van der Waals surface area (Å²) in [6.07, 6.45) is 3.13. The van der Waals surface area contributed by atoms with Gasteiger partial charge in [0.05, 0.1) is 0 Å². The molecule has 0 atom stereocenters. The first kappa shape index (κ1) is 20.7. The molecule has 1 saturated carbocycles. The van der Waals surface area contributed by atoms with Gasteiger partial charge in [-0.2, -0.15) is 4.98 Å². The van der Waals surface area contributed by atoms with E-state index in [9.17, 15) is 0 Å². The molecule has 1 aromatic heterocycles. The minimum atomic E-state index is 0. The summed E-state index contributed by atoms with van der Waals surface area (Å²) in [7, 11) is 1.79. The van der Waals surface area contributed by atoms with E-state index in [1.807, 2.05) is 0 Å². The molecule has 0 bridgehead atoms. The summed E-state index contributed by atoms with van der Waals surface area (Å²) in [4.78, 5) is 8.69. The molecule has 0 spiro atoms. The Kier molecular flexibility index (Phi) is 7.43. The molecular formula is C19H28IN5O. The van der Waals surface area contributed by atoms with Crippen LogP contribution < -0.4 is 10.6 Å². The molecule has 1 heterocycles. The lowest BCUT2D eigenvalue weighted by atomic mass is 9.96. The van der Waals surface area contributed by atoms with Crippen LogP contribution in [0, 0.1) is 0 Å². The zero-order chi connectivity index (χ0) is 17.7. The number of aromatic nitrogens is 2. The third-order valence-corrected chi connectivity index (χ3v) is 4.69. The number of hydrogen-bond acceptors (Lipinski definition) is 4. The molecule has 1 aromatic carbocycles. The zero-order valence-electron chi connectivity index (χ0n) is 15.7. The van der Waals surface area contributed by atoms with Gasteiger partial charge in [-0.05, 0) is 18.4 Å². The van der Waals surface area contributed by atoms with Crippen LogP contribution in [0.15, 0.2) is 39.8 Å². The van der Waals surface area contributed by atoms with Crippen LogP contribution in [0.25, 0.3) is 0 Å². The monoisotopic (exact) mass is 469 g/mol. The van der Waals surface area contributed by atoms with Crippen molar-refractivity contribution in [2.24, 2.45) is 4.99 Å². The third kappa shape index (κ3) is 5.18. The normalized spacial score (nSPS) is 15.5. The number of aliphatic imine (C=N–C) groups is 1. The molecule has 142 valence electrons. The lowest BCUT2D eigenvalue weighted by molar-refractivity contribution is 0.371. The molecule has 0 unspecified atom stereocenters. The number of benzene rings is 1. The molecule has 3 rings (SSSR count). The van der Waals surface area contributed by atoms with Crippen LogP contribution >= 0.6 is 24.0 Å². The van der Waals surface area contributed by atoms with Crippen molar-refractivity contribution < 1.29 is 4.52 Å². The van der Waals surface area contributed by atoms with Crippen molar-refractivity contribution >= 4 is 29.9 Å². The van der Waals surface area contributed by atoms with E-state index in [1.165, 1.54) is 18.4 Å². The van der Waals surface area contributed by atoms with Crippen molar-refractivity contribution in [3.63, 3.8) is 0 Å². The van der Waals surface area contributed by atoms with Gasteiger partial charge in [0.1, 0.15) is 0 Å². The van der Waals surface area contributed by atoms with E-state index >= 15 is 0 Å². The van der Waals surface area contributed by atoms with Crippen LogP contribution in [0.4, 0.5) is 0 Å². The van der Waals surface area contributed by atoms with E-state index < -0.39 is 0 Å². The van der Waals surface area contributed by atoms with Gasteiger partial charge >= 0.3 is 0 Å². The molecule has 2 N–H and O–H groups in total. The predicted molar refractivity (Wildman–Crippen MR) is 114 cm³/mol. The maximum absolute atomic E-state index is 5.26. The predicted octanol–water partition coefficient (Wildman–Crippen LogP) is 3.25. The first-order valence-corrected chi connectivity index (χ1v) is 8.95. The number of guanidine groups is 1. The van der Waals surface area contributed by atoms with Crippen molar-refractivity contribution in [2.45, 2.75) is 44.4 Å². The lowest BCUT2D eigenvalue weighted by Crippen LogP contribution is -2.42. The van der Waals surface area contributed by atoms with Gasteiger partial charge in [0.25, 0.3) is 0 Å². The van der Waals surface area contributed by atoms with Gasteiger partial charge in [0.2, 0.25) is 5.89 Å². The van der Waals surface area contributed by atoms with Crippen LogP contribution in [0.2, 0.25) is 0 Å². The Balaban J connectivity index is 0.00000243. The molecule has 0 saturated heterocycles. The molecule has 0 amide bonds. The summed E-state index contributed by atoms with van der Waals surface area (Å²) in [5.41, 5.74) is 1.67. The van der Waals surface area contributed by atoms with E-state index in [2.05, 4.69) is 69.9 Å². The molecule has 0 radical (unpaired) electrons. The van der Waals surface area contributed by atoms with Crippen molar-refractivity contribution in [1.29, 1.82) is 0 Å². The lowest BCUT2D eigenvalue weighted by Gasteiger charge is -2.18. The fraction of sp³-hybridized carbons (Fsp3) is 0.526.